The summed E-state index contributed by atoms with van der Waals surface area (Å²) in [5, 5.41) is 2.18. The van der Waals surface area contributed by atoms with E-state index in [0.29, 0.717) is 6.04 Å². The number of thiophene rings is 1. The van der Waals surface area contributed by atoms with Crippen molar-refractivity contribution in [2.75, 3.05) is 6.54 Å². The van der Waals surface area contributed by atoms with E-state index >= 15 is 0 Å². The van der Waals surface area contributed by atoms with Gasteiger partial charge in [-0.15, -0.1) is 11.3 Å². The van der Waals surface area contributed by atoms with Crippen LogP contribution in [0.5, 0.6) is 0 Å². The summed E-state index contributed by atoms with van der Waals surface area (Å²) in [4.78, 5) is 4.12. The summed E-state index contributed by atoms with van der Waals surface area (Å²) in [6, 6.07) is 4.94. The molecule has 2 rings (SSSR count). The number of nitrogens with two attached hydrogens (primary N) is 1. The summed E-state index contributed by atoms with van der Waals surface area (Å²) in [6.07, 6.45) is 3.80. The van der Waals surface area contributed by atoms with Crippen LogP contribution in [0.15, 0.2) is 17.5 Å². The molecule has 1 aromatic rings. The molecule has 1 aliphatic carbocycles. The Morgan fingerprint density at radius 2 is 2.15 bits per heavy atom. The van der Waals surface area contributed by atoms with Gasteiger partial charge < -0.3 is 5.73 Å². The third-order valence-corrected chi connectivity index (χ3v) is 6.12. The predicted octanol–water partition coefficient (Wildman–Crippen LogP) is 4.11. The molecule has 1 aromatic heterocycles. The lowest BCUT2D eigenvalue weighted by molar-refractivity contribution is -0.00581. The number of nitrogens with zero attached hydrogens (tertiary/aromatic N) is 1. The molecule has 0 spiro atoms. The van der Waals surface area contributed by atoms with E-state index in [1.54, 1.807) is 0 Å². The maximum Gasteiger partial charge on any atom is 0.0341 e. The zero-order valence-electron chi connectivity index (χ0n) is 13.4. The van der Waals surface area contributed by atoms with Gasteiger partial charge in [-0.2, -0.15) is 0 Å². The summed E-state index contributed by atoms with van der Waals surface area (Å²) >= 11 is 1.86. The second kappa shape index (κ2) is 6.59. The first kappa shape index (κ1) is 16.0. The van der Waals surface area contributed by atoms with Crippen molar-refractivity contribution in [3.05, 3.63) is 22.4 Å². The third kappa shape index (κ3) is 3.26. The lowest BCUT2D eigenvalue weighted by Crippen LogP contribution is -2.58. The molecular formula is C17H30N2S. The molecule has 3 atom stereocenters. The van der Waals surface area contributed by atoms with Crippen LogP contribution in [-0.2, 0) is 6.54 Å². The van der Waals surface area contributed by atoms with Gasteiger partial charge in [-0.05, 0) is 56.4 Å². The van der Waals surface area contributed by atoms with Crippen molar-refractivity contribution < 1.29 is 0 Å². The van der Waals surface area contributed by atoms with Crippen molar-refractivity contribution in [2.45, 2.75) is 65.1 Å². The van der Waals surface area contributed by atoms with Crippen LogP contribution in [0.25, 0.3) is 0 Å². The largest absolute Gasteiger partial charge is 0.329 e. The summed E-state index contributed by atoms with van der Waals surface area (Å²) in [7, 11) is 0. The summed E-state index contributed by atoms with van der Waals surface area (Å²) in [5.74, 6) is 1.61. The first-order valence-corrected chi connectivity index (χ1v) is 8.85. The van der Waals surface area contributed by atoms with E-state index < -0.39 is 0 Å². The van der Waals surface area contributed by atoms with Crippen LogP contribution in [0.4, 0.5) is 0 Å². The van der Waals surface area contributed by atoms with Crippen molar-refractivity contribution in [1.82, 2.24) is 4.90 Å². The highest BCUT2D eigenvalue weighted by Gasteiger charge is 2.42. The number of rotatable bonds is 5. The predicted molar refractivity (Wildman–Crippen MR) is 89.0 cm³/mol. The molecule has 114 valence electrons. The highest BCUT2D eigenvalue weighted by Crippen LogP contribution is 2.41. The van der Waals surface area contributed by atoms with Crippen LogP contribution in [0, 0.1) is 11.8 Å². The summed E-state index contributed by atoms with van der Waals surface area (Å²) < 4.78 is 0. The Kier molecular flexibility index (Phi) is 5.27. The molecule has 0 amide bonds. The Morgan fingerprint density at radius 1 is 1.40 bits per heavy atom. The van der Waals surface area contributed by atoms with Gasteiger partial charge in [-0.25, -0.2) is 0 Å². The van der Waals surface area contributed by atoms with Gasteiger partial charge in [0.1, 0.15) is 0 Å². The second-order valence-electron chi connectivity index (χ2n) is 6.93. The van der Waals surface area contributed by atoms with Crippen molar-refractivity contribution in [3.63, 3.8) is 0 Å². The molecule has 3 heteroatoms. The monoisotopic (exact) mass is 294 g/mol. The minimum atomic E-state index is 0.198. The van der Waals surface area contributed by atoms with Crippen molar-refractivity contribution >= 4 is 11.3 Å². The lowest BCUT2D eigenvalue weighted by Gasteiger charge is -2.51. The Morgan fingerprint density at radius 3 is 2.65 bits per heavy atom. The van der Waals surface area contributed by atoms with E-state index in [9.17, 15) is 0 Å². The van der Waals surface area contributed by atoms with E-state index in [-0.39, 0.29) is 5.54 Å². The average Bonchev–Trinajstić information content (AvgIpc) is 2.92. The maximum absolute atomic E-state index is 6.28. The van der Waals surface area contributed by atoms with E-state index in [0.717, 1.165) is 24.9 Å². The van der Waals surface area contributed by atoms with E-state index in [2.05, 4.69) is 50.1 Å². The summed E-state index contributed by atoms with van der Waals surface area (Å²) in [6.45, 7) is 11.3. The minimum absolute atomic E-state index is 0.198. The smallest absolute Gasteiger partial charge is 0.0341 e. The van der Waals surface area contributed by atoms with Gasteiger partial charge in [0, 0.05) is 29.5 Å². The molecule has 3 unspecified atom stereocenters. The van der Waals surface area contributed by atoms with Crippen LogP contribution in [0.2, 0.25) is 0 Å². The van der Waals surface area contributed by atoms with Crippen LogP contribution in [-0.4, -0.2) is 23.0 Å². The Bertz CT molecular complexity index is 401. The third-order valence-electron chi connectivity index (χ3n) is 5.26. The zero-order chi connectivity index (χ0) is 14.8. The van der Waals surface area contributed by atoms with Gasteiger partial charge in [0.2, 0.25) is 0 Å². The van der Waals surface area contributed by atoms with E-state index in [4.69, 9.17) is 5.73 Å². The molecule has 20 heavy (non-hydrogen) atoms. The average molecular weight is 295 g/mol. The molecule has 1 aliphatic rings. The molecule has 0 aliphatic heterocycles. The molecule has 0 radical (unpaired) electrons. The normalized spacial score (nSPS) is 31.1. The molecular weight excluding hydrogens is 264 g/mol. The fourth-order valence-corrected chi connectivity index (χ4v) is 4.42. The number of hydrogen-bond donors (Lipinski definition) is 1. The van der Waals surface area contributed by atoms with Gasteiger partial charge in [0.25, 0.3) is 0 Å². The van der Waals surface area contributed by atoms with E-state index in [1.807, 2.05) is 11.3 Å². The highest BCUT2D eigenvalue weighted by molar-refractivity contribution is 7.09. The van der Waals surface area contributed by atoms with Crippen molar-refractivity contribution in [2.24, 2.45) is 17.6 Å². The highest BCUT2D eigenvalue weighted by atomic mass is 32.1. The summed E-state index contributed by atoms with van der Waals surface area (Å²) in [5.41, 5.74) is 6.47. The maximum atomic E-state index is 6.28. The SMILES string of the molecule is CC1CCC(CN)(N(Cc2cccs2)C(C)C)CC1C. The van der Waals surface area contributed by atoms with Crippen LogP contribution < -0.4 is 5.73 Å². The standard InChI is InChI=1S/C17H30N2S/c1-13(2)19(11-16-6-5-9-20-16)17(12-18)8-7-14(3)15(4)10-17/h5-6,9,13-15H,7-8,10-12,18H2,1-4H3. The Labute approximate surface area is 128 Å². The first-order valence-electron chi connectivity index (χ1n) is 7.97. The molecule has 2 N–H and O–H groups in total. The molecule has 2 nitrogen and oxygen atoms in total. The fraction of sp³-hybridized carbons (Fsp3) is 0.765. The van der Waals surface area contributed by atoms with Gasteiger partial charge in [-0.3, -0.25) is 4.90 Å². The first-order chi connectivity index (χ1) is 9.48. The van der Waals surface area contributed by atoms with Crippen LogP contribution >= 0.6 is 11.3 Å². The van der Waals surface area contributed by atoms with Crippen LogP contribution in [0.1, 0.15) is 51.8 Å². The van der Waals surface area contributed by atoms with Gasteiger partial charge in [-0.1, -0.05) is 19.9 Å². The molecule has 1 fully saturated rings. The molecule has 1 heterocycles. The second-order valence-corrected chi connectivity index (χ2v) is 7.96. The zero-order valence-corrected chi connectivity index (χ0v) is 14.2. The Hall–Kier alpha value is -0.380. The molecule has 0 aromatic carbocycles. The van der Waals surface area contributed by atoms with Gasteiger partial charge in [0.15, 0.2) is 0 Å². The topological polar surface area (TPSA) is 29.3 Å². The van der Waals surface area contributed by atoms with Crippen LogP contribution in [0.3, 0.4) is 0 Å². The number of hydrogen-bond acceptors (Lipinski definition) is 3. The van der Waals surface area contributed by atoms with Crippen molar-refractivity contribution in [1.29, 1.82) is 0 Å². The lowest BCUT2D eigenvalue weighted by atomic mass is 9.70. The minimum Gasteiger partial charge on any atom is -0.329 e. The van der Waals surface area contributed by atoms with Gasteiger partial charge >= 0.3 is 0 Å². The molecule has 0 bridgehead atoms. The van der Waals surface area contributed by atoms with Crippen molar-refractivity contribution in [3.8, 4) is 0 Å². The fourth-order valence-electron chi connectivity index (χ4n) is 3.72. The quantitative estimate of drug-likeness (QED) is 0.885. The molecule has 0 saturated heterocycles. The molecule has 1 saturated carbocycles. The Balaban J connectivity index is 2.21. The van der Waals surface area contributed by atoms with E-state index in [1.165, 1.54) is 24.1 Å². The van der Waals surface area contributed by atoms with Gasteiger partial charge in [0.05, 0.1) is 0 Å².